The average molecular weight is 1500 g/mol. The summed E-state index contributed by atoms with van der Waals surface area (Å²) in [5.74, 6) is 22.1. The van der Waals surface area contributed by atoms with E-state index in [1.807, 2.05) is 382 Å². The van der Waals surface area contributed by atoms with Crippen LogP contribution in [0.1, 0.15) is 102 Å². The van der Waals surface area contributed by atoms with Crippen molar-refractivity contribution in [1.29, 1.82) is 0 Å². The highest BCUT2D eigenvalue weighted by Gasteiger charge is 2.38. The lowest BCUT2D eigenvalue weighted by atomic mass is 9.89. The van der Waals surface area contributed by atoms with Crippen LogP contribution in [-0.4, -0.2) is 17.3 Å². The van der Waals surface area contributed by atoms with E-state index < -0.39 is 0 Å². The fourth-order valence-corrected chi connectivity index (χ4v) is 15.2. The molecular weight excluding hydrogens is 1430 g/mol. The van der Waals surface area contributed by atoms with E-state index in [0.29, 0.717) is 45.3 Å². The van der Waals surface area contributed by atoms with Crippen LogP contribution in [0.5, 0.6) is 23.0 Å². The molecule has 0 spiro atoms. The van der Waals surface area contributed by atoms with Crippen LogP contribution in [-0.2, 0) is 14.4 Å². The zero-order valence-electron chi connectivity index (χ0n) is 63.9. The van der Waals surface area contributed by atoms with E-state index in [1.165, 1.54) is 0 Å². The van der Waals surface area contributed by atoms with Gasteiger partial charge < -0.3 is 9.47 Å². The first-order valence-electron chi connectivity index (χ1n) is 38.8. The smallest absolute Gasteiger partial charge is 0.195 e. The van der Waals surface area contributed by atoms with Crippen LogP contribution >= 0.6 is 0 Å². The monoisotopic (exact) mass is 1500 g/mol. The first-order chi connectivity index (χ1) is 57.7. The predicted octanol–water partition coefficient (Wildman–Crippen LogP) is 25.3. The largest absolute Gasteiger partial charge is 0.457 e. The number of hydrogen-bond acceptors (Lipinski definition) is 5. The van der Waals surface area contributed by atoms with Gasteiger partial charge in [0.1, 0.15) is 23.0 Å². The predicted molar refractivity (Wildman–Crippen MR) is 476 cm³/mol. The SMILES string of the molecule is CC1=C(c2ccccc2)C(=O)C(c2ccccc2)=C1c1ccc(C#Cc2ccccc2)cc1.O=C1C(c2ccccc2)=C(c2ccc(C#Cc3ccccc3)cc2)C(c2ccc(Oc3ccc(Oc4ccc(C5=C(c6ccccc6)C(=O)C(c6ccccc6)=C5c5ccc(C#Cc6ccccc6)cc5)cc4)cc3)cc2)=C1c1ccccc1. The second-order valence-corrected chi connectivity index (χ2v) is 28.2. The van der Waals surface area contributed by atoms with Crippen LogP contribution in [0, 0.1) is 35.5 Å². The highest BCUT2D eigenvalue weighted by Crippen LogP contribution is 2.53. The lowest BCUT2D eigenvalue weighted by Crippen LogP contribution is -2.01. The van der Waals surface area contributed by atoms with Gasteiger partial charge in [0.15, 0.2) is 17.3 Å². The number of allylic oxidation sites excluding steroid dienone is 12. The Labute approximate surface area is 682 Å². The standard InChI is InChI=1S/C80H50O4.C32H22O/c81-79-75(59-23-11-3-12-24-59)71(63-39-35-57(36-40-63)33-31-55-19-7-1-8-20-55)73(77(79)61-27-15-5-16-28-61)65-43-47-67(48-44-65)83-69-51-53-70(54-52-69)84-68-49-45-66(46-50-68)74-72(64-41-37-58(38-42-64)34-32-56-21-9-2-10-22-56)76(60-25-13-4-14-26-60)80(82)78(74)62-29-17-6-18-30-62;1-23-29(28-21-19-25(20-22-28)18-17-24-11-5-2-6-12-24)31(27-15-9-4-10-16-27)32(33)30(23)26-13-7-3-8-14-26/h1-30,35-54H;2-16,19-22H,1H3. The molecule has 0 bridgehead atoms. The zero-order chi connectivity index (χ0) is 79.2. The molecule has 0 saturated carbocycles. The number of Topliss-reactive ketones (excluding diaryl/α,β-unsaturated/α-hetero) is 3. The minimum atomic E-state index is -0.0315. The van der Waals surface area contributed by atoms with E-state index >= 15 is 0 Å². The maximum atomic E-state index is 15.0. The van der Waals surface area contributed by atoms with E-state index in [4.69, 9.17) is 9.47 Å². The van der Waals surface area contributed by atoms with Crippen LogP contribution in [0.15, 0.2) is 424 Å². The van der Waals surface area contributed by atoms with Crippen molar-refractivity contribution in [1.82, 2.24) is 0 Å². The molecule has 0 radical (unpaired) electrons. The van der Waals surface area contributed by atoms with Gasteiger partial charge in [-0.05, 0) is 201 Å². The van der Waals surface area contributed by atoms with Crippen LogP contribution in [0.4, 0.5) is 0 Å². The number of rotatable bonds is 15. The van der Waals surface area contributed by atoms with Crippen molar-refractivity contribution in [3.8, 4) is 58.5 Å². The minimum Gasteiger partial charge on any atom is -0.457 e. The molecule has 3 aliphatic carbocycles. The van der Waals surface area contributed by atoms with E-state index in [1.54, 1.807) is 0 Å². The van der Waals surface area contributed by atoms with Gasteiger partial charge in [-0.3, -0.25) is 14.4 Å². The lowest BCUT2D eigenvalue weighted by Gasteiger charge is -2.15. The molecule has 0 saturated heterocycles. The number of benzene rings is 15. The molecule has 15 aromatic rings. The summed E-state index contributed by atoms with van der Waals surface area (Å²) in [6, 6.07) is 137. The summed E-state index contributed by atoms with van der Waals surface area (Å²) in [6.07, 6.45) is 0. The van der Waals surface area contributed by atoms with Crippen molar-refractivity contribution < 1.29 is 23.9 Å². The fourth-order valence-electron chi connectivity index (χ4n) is 15.2. The van der Waals surface area contributed by atoms with Gasteiger partial charge in [0.2, 0.25) is 0 Å². The average Bonchev–Trinajstić information content (AvgIpc) is 1.58. The maximum Gasteiger partial charge on any atom is 0.195 e. The van der Waals surface area contributed by atoms with E-state index in [9.17, 15) is 14.4 Å². The molecular formula is C112H72O5. The topological polar surface area (TPSA) is 69.7 Å². The number of hydrogen-bond donors (Lipinski definition) is 0. The van der Waals surface area contributed by atoms with Gasteiger partial charge in [-0.2, -0.15) is 0 Å². The van der Waals surface area contributed by atoms with Crippen LogP contribution in [0.2, 0.25) is 0 Å². The van der Waals surface area contributed by atoms with Gasteiger partial charge in [0.25, 0.3) is 0 Å². The highest BCUT2D eigenvalue weighted by atomic mass is 16.5. The van der Waals surface area contributed by atoms with Crippen molar-refractivity contribution in [2.75, 3.05) is 0 Å². The Bertz CT molecular complexity index is 6340. The molecule has 0 aromatic heterocycles. The van der Waals surface area contributed by atoms with Crippen LogP contribution in [0.3, 0.4) is 0 Å². The highest BCUT2D eigenvalue weighted by molar-refractivity contribution is 6.60. The molecule has 15 aromatic carbocycles. The van der Waals surface area contributed by atoms with Crippen molar-refractivity contribution in [3.63, 3.8) is 0 Å². The summed E-state index contributed by atoms with van der Waals surface area (Å²) in [4.78, 5) is 43.6. The first kappa shape index (κ1) is 73.8. The second-order valence-electron chi connectivity index (χ2n) is 28.2. The molecule has 0 unspecified atom stereocenters. The molecule has 0 atom stereocenters. The Morgan fingerprint density at radius 1 is 0.154 bits per heavy atom. The lowest BCUT2D eigenvalue weighted by molar-refractivity contribution is -0.109. The van der Waals surface area contributed by atoms with E-state index in [-0.39, 0.29) is 17.3 Å². The van der Waals surface area contributed by atoms with Gasteiger partial charge in [-0.15, -0.1) is 0 Å². The molecule has 117 heavy (non-hydrogen) atoms. The first-order valence-corrected chi connectivity index (χ1v) is 38.8. The van der Waals surface area contributed by atoms with Gasteiger partial charge in [0.05, 0.1) is 0 Å². The molecule has 0 heterocycles. The number of ether oxygens (including phenoxy) is 2. The van der Waals surface area contributed by atoms with Crippen molar-refractivity contribution in [3.05, 3.63) is 519 Å². The molecule has 0 fully saturated rings. The third-order valence-electron chi connectivity index (χ3n) is 20.7. The maximum absolute atomic E-state index is 15.0. The van der Waals surface area contributed by atoms with Gasteiger partial charge >= 0.3 is 0 Å². The molecule has 5 nitrogen and oxygen atoms in total. The molecule has 18 rings (SSSR count). The van der Waals surface area contributed by atoms with Gasteiger partial charge in [-0.25, -0.2) is 0 Å². The number of carbonyl (C=O) groups is 3. The van der Waals surface area contributed by atoms with E-state index in [2.05, 4.69) is 78.8 Å². The summed E-state index contributed by atoms with van der Waals surface area (Å²) >= 11 is 0. The summed E-state index contributed by atoms with van der Waals surface area (Å²) in [5.41, 5.74) is 25.0. The van der Waals surface area contributed by atoms with Gasteiger partial charge in [-0.1, -0.05) is 333 Å². The van der Waals surface area contributed by atoms with Crippen molar-refractivity contribution in [2.45, 2.75) is 6.92 Å². The van der Waals surface area contributed by atoms with Crippen molar-refractivity contribution >= 4 is 78.7 Å². The molecule has 0 aliphatic heterocycles. The Morgan fingerprint density at radius 2 is 0.308 bits per heavy atom. The fraction of sp³-hybridized carbons (Fsp3) is 0.00893. The van der Waals surface area contributed by atoms with Crippen LogP contribution in [0.25, 0.3) is 61.3 Å². The Kier molecular flexibility index (Phi) is 21.7. The Balaban J connectivity index is 0.000000247. The molecule has 0 N–H and O–H groups in total. The normalized spacial score (nSPS) is 13.0. The van der Waals surface area contributed by atoms with Gasteiger partial charge in [0, 0.05) is 89.1 Å². The second kappa shape index (κ2) is 34.3. The quantitative estimate of drug-likeness (QED) is 0.0957. The number of carbonyl (C=O) groups excluding carboxylic acids is 3. The molecule has 0 amide bonds. The summed E-state index contributed by atoms with van der Waals surface area (Å²) in [7, 11) is 0. The third kappa shape index (κ3) is 16.3. The third-order valence-corrected chi connectivity index (χ3v) is 20.7. The van der Waals surface area contributed by atoms with E-state index in [0.717, 1.165) is 139 Å². The summed E-state index contributed by atoms with van der Waals surface area (Å²) in [5, 5.41) is 0. The number of ketones is 3. The minimum absolute atomic E-state index is 0.0315. The molecule has 3 aliphatic rings. The Hall–Kier alpha value is -16.0. The zero-order valence-corrected chi connectivity index (χ0v) is 63.9. The van der Waals surface area contributed by atoms with Crippen LogP contribution < -0.4 is 9.47 Å². The van der Waals surface area contributed by atoms with Crippen molar-refractivity contribution in [2.24, 2.45) is 0 Å². The molecule has 550 valence electrons. The molecule has 5 heteroatoms. The Morgan fingerprint density at radius 3 is 0.538 bits per heavy atom. The summed E-state index contributed by atoms with van der Waals surface area (Å²) in [6.45, 7) is 2.05. The summed E-state index contributed by atoms with van der Waals surface area (Å²) < 4.78 is 12.9.